The van der Waals surface area contributed by atoms with Gasteiger partial charge >= 0.3 is 5.97 Å². The molecule has 0 saturated heterocycles. The second-order valence-electron chi connectivity index (χ2n) is 6.06. The number of hydrogen-bond acceptors (Lipinski definition) is 4. The molecule has 6 nitrogen and oxygen atoms in total. The average Bonchev–Trinajstić information content (AvgIpc) is 2.68. The number of hydrogen-bond donors (Lipinski definition) is 1. The largest absolute Gasteiger partial charge is 0.496 e. The maximum Gasteiger partial charge on any atom is 0.337 e. The van der Waals surface area contributed by atoms with Crippen LogP contribution in [0.25, 0.3) is 17.8 Å². The summed E-state index contributed by atoms with van der Waals surface area (Å²) in [6, 6.07) is 10.6. The molecule has 6 heteroatoms. The Kier molecular flexibility index (Phi) is 5.35. The van der Waals surface area contributed by atoms with Gasteiger partial charge in [0.1, 0.15) is 11.4 Å². The third-order valence-corrected chi connectivity index (χ3v) is 4.25. The summed E-state index contributed by atoms with van der Waals surface area (Å²) in [6.07, 6.45) is 6.31. The van der Waals surface area contributed by atoms with E-state index < -0.39 is 5.97 Å². The summed E-state index contributed by atoms with van der Waals surface area (Å²) in [5, 5.41) is 9.16. The number of rotatable bonds is 6. The molecule has 0 unspecified atom stereocenters. The Morgan fingerprint density at radius 1 is 1.22 bits per heavy atom. The Bertz CT molecular complexity index is 1080. The molecule has 1 aromatic carbocycles. The molecule has 0 saturated carbocycles. The number of aromatic carboxylic acids is 1. The van der Waals surface area contributed by atoms with Gasteiger partial charge in [-0.3, -0.25) is 9.20 Å². The van der Waals surface area contributed by atoms with Crippen molar-refractivity contribution in [2.24, 2.45) is 0 Å². The minimum absolute atomic E-state index is 0.0474. The van der Waals surface area contributed by atoms with Gasteiger partial charge in [0, 0.05) is 17.3 Å². The number of aromatic nitrogens is 2. The molecular weight excluding hydrogens is 344 g/mol. The Morgan fingerprint density at radius 3 is 2.70 bits per heavy atom. The number of pyridine rings is 1. The van der Waals surface area contributed by atoms with Crippen LogP contribution in [0.3, 0.4) is 0 Å². The minimum Gasteiger partial charge on any atom is -0.496 e. The van der Waals surface area contributed by atoms with Crippen molar-refractivity contribution in [2.45, 2.75) is 19.8 Å². The molecule has 0 radical (unpaired) electrons. The summed E-state index contributed by atoms with van der Waals surface area (Å²) >= 11 is 0. The Balaban J connectivity index is 2.15. The van der Waals surface area contributed by atoms with Crippen LogP contribution in [0.5, 0.6) is 5.75 Å². The van der Waals surface area contributed by atoms with Crippen molar-refractivity contribution in [3.05, 3.63) is 75.3 Å². The monoisotopic (exact) mass is 364 g/mol. The SMILES string of the molecule is CCCc1c(/C=C/c2ccccc2OC)nc2ccc(C(=O)O)cn2c1=O. The predicted octanol–water partition coefficient (Wildman–Crippen LogP) is 3.52. The topological polar surface area (TPSA) is 80.9 Å². The van der Waals surface area contributed by atoms with Gasteiger partial charge in [-0.25, -0.2) is 9.78 Å². The third-order valence-electron chi connectivity index (χ3n) is 4.25. The highest BCUT2D eigenvalue weighted by Crippen LogP contribution is 2.20. The van der Waals surface area contributed by atoms with Crippen molar-refractivity contribution < 1.29 is 14.6 Å². The van der Waals surface area contributed by atoms with E-state index in [2.05, 4.69) is 4.98 Å². The zero-order valence-electron chi connectivity index (χ0n) is 15.2. The van der Waals surface area contributed by atoms with Gasteiger partial charge in [-0.2, -0.15) is 0 Å². The normalized spacial score (nSPS) is 11.2. The van der Waals surface area contributed by atoms with Crippen LogP contribution in [-0.2, 0) is 6.42 Å². The number of para-hydroxylation sites is 1. The smallest absolute Gasteiger partial charge is 0.337 e. The van der Waals surface area contributed by atoms with E-state index in [-0.39, 0.29) is 11.1 Å². The van der Waals surface area contributed by atoms with Gasteiger partial charge in [0.05, 0.1) is 18.4 Å². The van der Waals surface area contributed by atoms with Crippen molar-refractivity contribution >= 4 is 23.8 Å². The quantitative estimate of drug-likeness (QED) is 0.724. The first-order chi connectivity index (χ1) is 13.0. The van der Waals surface area contributed by atoms with E-state index in [1.165, 1.54) is 16.7 Å². The average molecular weight is 364 g/mol. The molecule has 0 amide bonds. The van der Waals surface area contributed by atoms with E-state index in [0.29, 0.717) is 23.3 Å². The molecule has 0 aliphatic heterocycles. The molecule has 2 heterocycles. The lowest BCUT2D eigenvalue weighted by atomic mass is 10.1. The van der Waals surface area contributed by atoms with Gasteiger partial charge < -0.3 is 9.84 Å². The number of carboxylic acids is 1. The molecule has 0 aliphatic carbocycles. The third kappa shape index (κ3) is 3.74. The van der Waals surface area contributed by atoms with E-state index in [9.17, 15) is 9.59 Å². The van der Waals surface area contributed by atoms with Crippen LogP contribution in [-0.4, -0.2) is 27.6 Å². The van der Waals surface area contributed by atoms with Crippen molar-refractivity contribution in [3.63, 3.8) is 0 Å². The number of carbonyl (C=O) groups is 1. The summed E-state index contributed by atoms with van der Waals surface area (Å²) in [5.41, 5.74) is 2.23. The standard InChI is InChI=1S/C21H20N2O4/c1-3-6-16-17(11-9-14-7-4-5-8-18(14)27-2)22-19-12-10-15(21(25)26)13-23(19)20(16)24/h4-5,7-13H,3,6H2,1-2H3,(H,25,26)/b11-9+. The van der Waals surface area contributed by atoms with Gasteiger partial charge in [0.15, 0.2) is 0 Å². The van der Waals surface area contributed by atoms with Crippen LogP contribution in [0.15, 0.2) is 47.4 Å². The zero-order valence-corrected chi connectivity index (χ0v) is 15.2. The van der Waals surface area contributed by atoms with Crippen LogP contribution in [0.2, 0.25) is 0 Å². The van der Waals surface area contributed by atoms with E-state index in [1.54, 1.807) is 19.3 Å². The molecule has 1 N–H and O–H groups in total. The molecule has 0 spiro atoms. The highest BCUT2D eigenvalue weighted by molar-refractivity contribution is 5.87. The molecule has 0 atom stereocenters. The second-order valence-corrected chi connectivity index (χ2v) is 6.06. The van der Waals surface area contributed by atoms with Crippen molar-refractivity contribution in [3.8, 4) is 5.75 Å². The first-order valence-electron chi connectivity index (χ1n) is 8.64. The van der Waals surface area contributed by atoms with Crippen LogP contribution in [0.4, 0.5) is 0 Å². The Labute approximate surface area is 156 Å². The fraction of sp³-hybridized carbons (Fsp3) is 0.190. The summed E-state index contributed by atoms with van der Waals surface area (Å²) in [5.74, 6) is -0.351. The van der Waals surface area contributed by atoms with Gasteiger partial charge in [-0.1, -0.05) is 31.5 Å². The van der Waals surface area contributed by atoms with Crippen molar-refractivity contribution in [1.29, 1.82) is 0 Å². The van der Waals surface area contributed by atoms with E-state index in [1.807, 2.05) is 37.3 Å². The molecule has 0 aliphatic rings. The molecule has 0 bridgehead atoms. The fourth-order valence-corrected chi connectivity index (χ4v) is 2.91. The lowest BCUT2D eigenvalue weighted by molar-refractivity contribution is 0.0696. The number of nitrogens with zero attached hydrogens (tertiary/aromatic N) is 2. The number of fused-ring (bicyclic) bond motifs is 1. The summed E-state index contributed by atoms with van der Waals surface area (Å²) < 4.78 is 6.65. The molecule has 3 aromatic rings. The zero-order chi connectivity index (χ0) is 19.4. The van der Waals surface area contributed by atoms with Crippen LogP contribution in [0, 0.1) is 0 Å². The minimum atomic E-state index is -1.08. The van der Waals surface area contributed by atoms with Crippen LogP contribution >= 0.6 is 0 Å². The summed E-state index contributed by atoms with van der Waals surface area (Å²) in [7, 11) is 1.61. The number of ether oxygens (including phenoxy) is 1. The maximum atomic E-state index is 12.9. The summed E-state index contributed by atoms with van der Waals surface area (Å²) in [4.78, 5) is 28.7. The second kappa shape index (κ2) is 7.86. The number of methoxy groups -OCH3 is 1. The first-order valence-corrected chi connectivity index (χ1v) is 8.64. The summed E-state index contributed by atoms with van der Waals surface area (Å²) in [6.45, 7) is 1.98. The lowest BCUT2D eigenvalue weighted by Crippen LogP contribution is -2.22. The molecule has 3 rings (SSSR count). The Hall–Kier alpha value is -3.41. The van der Waals surface area contributed by atoms with E-state index in [4.69, 9.17) is 9.84 Å². The van der Waals surface area contributed by atoms with E-state index >= 15 is 0 Å². The molecule has 27 heavy (non-hydrogen) atoms. The molecule has 2 aromatic heterocycles. The molecule has 138 valence electrons. The lowest BCUT2D eigenvalue weighted by Gasteiger charge is -2.09. The predicted molar refractivity (Wildman–Crippen MR) is 104 cm³/mol. The Morgan fingerprint density at radius 2 is 2.00 bits per heavy atom. The highest BCUT2D eigenvalue weighted by atomic mass is 16.5. The maximum absolute atomic E-state index is 12.9. The number of benzene rings is 1. The van der Waals surface area contributed by atoms with Crippen LogP contribution in [0.1, 0.15) is 40.5 Å². The van der Waals surface area contributed by atoms with Crippen molar-refractivity contribution in [2.75, 3.05) is 7.11 Å². The van der Waals surface area contributed by atoms with Gasteiger partial charge in [-0.15, -0.1) is 0 Å². The molecule has 0 fully saturated rings. The van der Waals surface area contributed by atoms with Gasteiger partial charge in [0.25, 0.3) is 5.56 Å². The van der Waals surface area contributed by atoms with Gasteiger partial charge in [0.2, 0.25) is 0 Å². The van der Waals surface area contributed by atoms with Crippen LogP contribution < -0.4 is 10.3 Å². The van der Waals surface area contributed by atoms with E-state index in [0.717, 1.165) is 17.7 Å². The first kappa shape index (κ1) is 18.4. The fourth-order valence-electron chi connectivity index (χ4n) is 2.91. The highest BCUT2D eigenvalue weighted by Gasteiger charge is 2.12. The number of carboxylic acid groups (broad SMARTS) is 1. The molecular formula is C21H20N2O4. The van der Waals surface area contributed by atoms with Crippen molar-refractivity contribution in [1.82, 2.24) is 9.38 Å². The van der Waals surface area contributed by atoms with Gasteiger partial charge in [-0.05, 0) is 36.8 Å².